The highest BCUT2D eigenvalue weighted by molar-refractivity contribution is 5.89. The third kappa shape index (κ3) is 9.31. The highest BCUT2D eigenvalue weighted by Crippen LogP contribution is 2.38. The maximum atomic E-state index is 14.3. The van der Waals surface area contributed by atoms with E-state index in [0.29, 0.717) is 30.8 Å². The van der Waals surface area contributed by atoms with Gasteiger partial charge < -0.3 is 44.6 Å². The molecule has 0 radical (unpaired) electrons. The van der Waals surface area contributed by atoms with Crippen molar-refractivity contribution in [1.29, 1.82) is 0 Å². The number of aromatic nitrogens is 4. The van der Waals surface area contributed by atoms with E-state index in [1.165, 1.54) is 19.1 Å². The third-order valence-corrected chi connectivity index (χ3v) is 11.9. The van der Waals surface area contributed by atoms with Gasteiger partial charge in [-0.2, -0.15) is 13.2 Å². The number of hydrogen-bond donors (Lipinski definition) is 4. The molecule has 4 aromatic rings. The molecule has 0 spiro atoms. The van der Waals surface area contributed by atoms with E-state index >= 15 is 0 Å². The van der Waals surface area contributed by atoms with Gasteiger partial charge in [0, 0.05) is 31.3 Å². The van der Waals surface area contributed by atoms with Gasteiger partial charge >= 0.3 is 18.4 Å². The molecule has 0 unspecified atom stereocenters. The molecule has 3 aliphatic rings. The summed E-state index contributed by atoms with van der Waals surface area (Å²) in [5.41, 5.74) is 0.448. The number of nitrogens with one attached hydrogen (secondary N) is 4. The van der Waals surface area contributed by atoms with Gasteiger partial charge in [0.2, 0.25) is 11.8 Å². The average Bonchev–Trinajstić information content (AvgIpc) is 4.12. The van der Waals surface area contributed by atoms with Crippen LogP contribution in [0, 0.1) is 17.8 Å². The zero-order valence-electron chi connectivity index (χ0n) is 34.4. The van der Waals surface area contributed by atoms with Crippen molar-refractivity contribution < 1.29 is 46.6 Å². The summed E-state index contributed by atoms with van der Waals surface area (Å²) in [4.78, 5) is 69.7. The summed E-state index contributed by atoms with van der Waals surface area (Å²) in [6, 6.07) is 8.19. The Bertz CT molecular complexity index is 2330. The standard InChI is InChI=1S/C43H49F3N8O7/c1-24(59-2)34(50-41(57)60-3)39(55)54-20-8-12-33(54)38-48-30(36(52-38)43(44,45)46)18-14-25-13-15-28-22-29(17-16-27(28)21-25)31-23-47-37(49-31)32-11-7-19-53(32)40(56)35(51-42(58)61-4)26-9-5-6-10-26/h13,15-17,21-24,26,32-35H,5-12,19-20H2,1-4H3,(H,47,49)(H,48,52)(H,50,57)(H,51,58)/t24-,32+,33+,34+,35+/m1/s1. The number of alkyl halides is 3. The van der Waals surface area contributed by atoms with Gasteiger partial charge in [-0.1, -0.05) is 37.0 Å². The van der Waals surface area contributed by atoms with Crippen LogP contribution in [0.2, 0.25) is 0 Å². The molecule has 15 nitrogen and oxygen atoms in total. The number of benzene rings is 2. The Hall–Kier alpha value is -6.09. The number of carbonyl (C=O) groups excluding carboxylic acids is 4. The second kappa shape index (κ2) is 18.3. The SMILES string of the molecule is COC(=O)N[C@H](C(=O)N1CCC[C@H]1c1ncc(-c2ccc3cc(C#Cc4[nH]c([C@@H]5CCCN5C(=O)[C@@H](NC(=O)OC)[C@@H](C)OC)nc4C(F)(F)F)ccc3c2)[nH]1)C1CCCC1. The number of aromatic amines is 2. The van der Waals surface area contributed by atoms with E-state index < -0.39 is 59.9 Å². The first-order valence-electron chi connectivity index (χ1n) is 20.4. The van der Waals surface area contributed by atoms with Crippen molar-refractivity contribution in [2.45, 2.75) is 94.7 Å². The molecule has 0 bridgehead atoms. The van der Waals surface area contributed by atoms with E-state index in [0.717, 1.165) is 67.7 Å². The summed E-state index contributed by atoms with van der Waals surface area (Å²) in [6.45, 7) is 2.38. The largest absolute Gasteiger partial charge is 0.453 e. The molecule has 4 N–H and O–H groups in total. The molecule has 4 heterocycles. The van der Waals surface area contributed by atoms with Crippen molar-refractivity contribution in [1.82, 2.24) is 40.4 Å². The van der Waals surface area contributed by atoms with Gasteiger partial charge in [0.1, 0.15) is 29.4 Å². The van der Waals surface area contributed by atoms with Crippen LogP contribution in [0.5, 0.6) is 0 Å². The first-order chi connectivity index (χ1) is 29.3. The van der Waals surface area contributed by atoms with Crippen LogP contribution in [0.3, 0.4) is 0 Å². The van der Waals surface area contributed by atoms with Crippen LogP contribution in [0.15, 0.2) is 42.6 Å². The Morgan fingerprint density at radius 2 is 1.44 bits per heavy atom. The van der Waals surface area contributed by atoms with E-state index in [1.807, 2.05) is 29.2 Å². The van der Waals surface area contributed by atoms with Crippen LogP contribution in [0.1, 0.15) is 99.0 Å². The smallest absolute Gasteiger partial charge is 0.436 e. The first kappa shape index (κ1) is 43.0. The average molecular weight is 847 g/mol. The molecule has 324 valence electrons. The minimum atomic E-state index is -4.83. The molecule has 2 aliphatic heterocycles. The van der Waals surface area contributed by atoms with Gasteiger partial charge in [-0.25, -0.2) is 19.6 Å². The minimum absolute atomic E-state index is 0.0515. The molecule has 2 aromatic heterocycles. The number of amides is 4. The fourth-order valence-electron chi connectivity index (χ4n) is 8.67. The molecule has 3 fully saturated rings. The Kier molecular flexibility index (Phi) is 12.9. The quantitative estimate of drug-likeness (QED) is 0.132. The number of rotatable bonds is 10. The van der Waals surface area contributed by atoms with E-state index in [9.17, 15) is 32.3 Å². The number of carbonyl (C=O) groups is 4. The molecule has 7 rings (SSSR count). The number of methoxy groups -OCH3 is 3. The zero-order valence-corrected chi connectivity index (χ0v) is 34.4. The fourth-order valence-corrected chi connectivity index (χ4v) is 8.67. The fraction of sp³-hybridized carbons (Fsp3) is 0.488. The molecule has 18 heteroatoms. The molecule has 2 aromatic carbocycles. The monoisotopic (exact) mass is 846 g/mol. The van der Waals surface area contributed by atoms with Gasteiger partial charge in [-0.05, 0) is 86.3 Å². The van der Waals surface area contributed by atoms with Crippen LogP contribution in [0.4, 0.5) is 22.8 Å². The summed E-state index contributed by atoms with van der Waals surface area (Å²) in [5, 5.41) is 6.92. The Labute approximate surface area is 350 Å². The second-order valence-electron chi connectivity index (χ2n) is 15.6. The van der Waals surface area contributed by atoms with E-state index in [4.69, 9.17) is 9.47 Å². The number of nitrogens with zero attached hydrogens (tertiary/aromatic N) is 4. The molecule has 2 saturated heterocycles. The van der Waals surface area contributed by atoms with Crippen molar-refractivity contribution >= 4 is 34.8 Å². The summed E-state index contributed by atoms with van der Waals surface area (Å²) in [6.07, 6.45) is 0.807. The lowest BCUT2D eigenvalue weighted by molar-refractivity contribution is -0.141. The highest BCUT2D eigenvalue weighted by atomic mass is 19.4. The van der Waals surface area contributed by atoms with Crippen molar-refractivity contribution in [3.05, 3.63) is 71.2 Å². The van der Waals surface area contributed by atoms with Crippen LogP contribution in [-0.2, 0) is 30.0 Å². The molecule has 4 amide bonds. The number of alkyl carbamates (subject to hydrolysis) is 2. The predicted molar refractivity (Wildman–Crippen MR) is 216 cm³/mol. The van der Waals surface area contributed by atoms with Gasteiger partial charge in [-0.15, -0.1) is 0 Å². The van der Waals surface area contributed by atoms with Gasteiger partial charge in [-0.3, -0.25) is 9.59 Å². The van der Waals surface area contributed by atoms with Crippen LogP contribution >= 0.6 is 0 Å². The lowest BCUT2D eigenvalue weighted by Gasteiger charge is -2.31. The Balaban J connectivity index is 1.08. The van der Waals surface area contributed by atoms with Crippen molar-refractivity contribution in [2.24, 2.45) is 5.92 Å². The minimum Gasteiger partial charge on any atom is -0.453 e. The predicted octanol–water partition coefficient (Wildman–Crippen LogP) is 6.37. The van der Waals surface area contributed by atoms with Crippen LogP contribution < -0.4 is 10.6 Å². The summed E-state index contributed by atoms with van der Waals surface area (Å²) >= 11 is 0. The third-order valence-electron chi connectivity index (χ3n) is 11.9. The highest BCUT2D eigenvalue weighted by Gasteiger charge is 2.43. The van der Waals surface area contributed by atoms with E-state index in [2.05, 4.69) is 47.1 Å². The van der Waals surface area contributed by atoms with E-state index in [-0.39, 0.29) is 30.2 Å². The van der Waals surface area contributed by atoms with Crippen LogP contribution in [0.25, 0.3) is 22.0 Å². The van der Waals surface area contributed by atoms with Gasteiger partial charge in [0.15, 0.2) is 5.69 Å². The summed E-state index contributed by atoms with van der Waals surface area (Å²) in [7, 11) is 3.82. The topological polar surface area (TPSA) is 184 Å². The number of imidazole rings is 2. The maximum Gasteiger partial charge on any atom is 0.436 e. The van der Waals surface area contributed by atoms with Crippen molar-refractivity contribution in [3.63, 3.8) is 0 Å². The number of halogens is 3. The molecular weight excluding hydrogens is 798 g/mol. The van der Waals surface area contributed by atoms with Crippen LogP contribution in [-0.4, -0.2) is 106 Å². The van der Waals surface area contributed by atoms with E-state index in [1.54, 1.807) is 25.3 Å². The molecular formula is C43H49F3N8O7. The normalized spacial score (nSPS) is 19.6. The second-order valence-corrected chi connectivity index (χ2v) is 15.6. The van der Waals surface area contributed by atoms with Gasteiger partial charge in [0.05, 0.1) is 44.3 Å². The maximum absolute atomic E-state index is 14.3. The molecule has 61 heavy (non-hydrogen) atoms. The lowest BCUT2D eigenvalue weighted by atomic mass is 9.96. The number of likely N-dealkylation sites (tertiary alicyclic amines) is 2. The number of fused-ring (bicyclic) bond motifs is 1. The lowest BCUT2D eigenvalue weighted by Crippen LogP contribution is -2.54. The summed E-state index contributed by atoms with van der Waals surface area (Å²) in [5.74, 6) is 5.45. The van der Waals surface area contributed by atoms with Crippen molar-refractivity contribution in [2.75, 3.05) is 34.4 Å². The number of ether oxygens (including phenoxy) is 3. The molecule has 1 aliphatic carbocycles. The number of hydrogen-bond acceptors (Lipinski definition) is 9. The Morgan fingerprint density at radius 3 is 2.11 bits per heavy atom. The molecule has 5 atom stereocenters. The summed E-state index contributed by atoms with van der Waals surface area (Å²) < 4.78 is 57.7. The van der Waals surface area contributed by atoms with Gasteiger partial charge in [0.25, 0.3) is 0 Å². The van der Waals surface area contributed by atoms with Crippen molar-refractivity contribution in [3.8, 4) is 23.1 Å². The zero-order chi connectivity index (χ0) is 43.4. The molecule has 1 saturated carbocycles. The number of H-pyrrole nitrogens is 2. The Morgan fingerprint density at radius 1 is 0.803 bits per heavy atom. The first-order valence-corrected chi connectivity index (χ1v) is 20.4.